The molecule has 0 bridgehead atoms. The fraction of sp³-hybridized carbons (Fsp3) is 0.545. The highest BCUT2D eigenvalue weighted by Gasteiger charge is 2.23. The Bertz CT molecular complexity index is 393. The Morgan fingerprint density at radius 2 is 2.47 bits per heavy atom. The zero-order valence-electron chi connectivity index (χ0n) is 9.80. The fourth-order valence-electron chi connectivity index (χ4n) is 2.17. The largest absolute Gasteiger partial charge is 0.356 e. The molecule has 1 aliphatic heterocycles. The van der Waals surface area contributed by atoms with Crippen LogP contribution in [0.4, 0.5) is 11.5 Å². The number of nitrogens with zero attached hydrogens (tertiary/aromatic N) is 3. The van der Waals surface area contributed by atoms with Gasteiger partial charge >= 0.3 is 0 Å². The molecule has 0 saturated carbocycles. The first-order valence-corrected chi connectivity index (χ1v) is 5.70. The lowest BCUT2D eigenvalue weighted by atomic mass is 10.1. The van der Waals surface area contributed by atoms with Crippen molar-refractivity contribution in [2.45, 2.75) is 6.42 Å². The van der Waals surface area contributed by atoms with Crippen molar-refractivity contribution < 1.29 is 4.92 Å². The van der Waals surface area contributed by atoms with Crippen LogP contribution in [-0.2, 0) is 0 Å². The van der Waals surface area contributed by atoms with Crippen molar-refractivity contribution in [2.75, 3.05) is 31.6 Å². The third kappa shape index (κ3) is 2.71. The molecule has 1 saturated heterocycles. The number of nitro groups is 1. The summed E-state index contributed by atoms with van der Waals surface area (Å²) >= 11 is 0. The topological polar surface area (TPSA) is 71.3 Å². The van der Waals surface area contributed by atoms with E-state index in [2.05, 4.69) is 15.2 Å². The van der Waals surface area contributed by atoms with Crippen molar-refractivity contribution in [3.63, 3.8) is 0 Å². The van der Waals surface area contributed by atoms with E-state index in [4.69, 9.17) is 0 Å². The van der Waals surface area contributed by atoms with E-state index in [-0.39, 0.29) is 5.69 Å². The first-order valence-electron chi connectivity index (χ1n) is 5.70. The quantitative estimate of drug-likeness (QED) is 0.624. The highest BCUT2D eigenvalue weighted by atomic mass is 16.6. The second-order valence-corrected chi connectivity index (χ2v) is 4.29. The van der Waals surface area contributed by atoms with E-state index < -0.39 is 4.92 Å². The van der Waals surface area contributed by atoms with Gasteiger partial charge in [-0.1, -0.05) is 0 Å². The van der Waals surface area contributed by atoms with Gasteiger partial charge in [0, 0.05) is 19.2 Å². The normalized spacial score (nSPS) is 19.6. The lowest BCUT2D eigenvalue weighted by Crippen LogP contribution is -2.24. The Morgan fingerprint density at radius 1 is 1.65 bits per heavy atom. The molecule has 6 nitrogen and oxygen atoms in total. The van der Waals surface area contributed by atoms with Crippen molar-refractivity contribution in [3.05, 3.63) is 28.4 Å². The molecule has 0 spiro atoms. The number of hydrogen-bond donors (Lipinski definition) is 1. The van der Waals surface area contributed by atoms with Crippen LogP contribution in [0.3, 0.4) is 0 Å². The minimum Gasteiger partial charge on any atom is -0.356 e. The van der Waals surface area contributed by atoms with Gasteiger partial charge in [-0.15, -0.1) is 0 Å². The number of anilines is 1. The molecule has 1 atom stereocenters. The Labute approximate surface area is 99.8 Å². The third-order valence-corrected chi connectivity index (χ3v) is 3.05. The smallest absolute Gasteiger partial charge is 0.287 e. The van der Waals surface area contributed by atoms with Gasteiger partial charge in [0.2, 0.25) is 0 Å². The lowest BCUT2D eigenvalue weighted by Gasteiger charge is -2.16. The molecule has 0 radical (unpaired) electrons. The maximum atomic E-state index is 10.5. The molecule has 1 aromatic heterocycles. The minimum absolute atomic E-state index is 0.0414. The lowest BCUT2D eigenvalue weighted by molar-refractivity contribution is -0.385. The third-order valence-electron chi connectivity index (χ3n) is 3.05. The predicted octanol–water partition coefficient (Wildman–Crippen LogP) is 1.04. The zero-order valence-corrected chi connectivity index (χ0v) is 9.80. The molecule has 6 heteroatoms. The molecular weight excluding hydrogens is 220 g/mol. The SMILES string of the molecule is CNCC1CCN(c2ccc([N+](=O)[O-])cn2)C1. The summed E-state index contributed by atoms with van der Waals surface area (Å²) in [6, 6.07) is 3.23. The number of pyridine rings is 1. The van der Waals surface area contributed by atoms with E-state index in [0.717, 1.165) is 31.9 Å². The van der Waals surface area contributed by atoms with Crippen molar-refractivity contribution in [1.82, 2.24) is 10.3 Å². The number of hydrogen-bond acceptors (Lipinski definition) is 5. The second-order valence-electron chi connectivity index (χ2n) is 4.29. The monoisotopic (exact) mass is 236 g/mol. The molecule has 17 heavy (non-hydrogen) atoms. The second kappa shape index (κ2) is 5.09. The summed E-state index contributed by atoms with van der Waals surface area (Å²) in [6.45, 7) is 2.94. The molecule has 1 N–H and O–H groups in total. The Kier molecular flexibility index (Phi) is 3.53. The van der Waals surface area contributed by atoms with Gasteiger partial charge in [-0.25, -0.2) is 4.98 Å². The van der Waals surface area contributed by atoms with Crippen LogP contribution >= 0.6 is 0 Å². The molecule has 1 aliphatic rings. The van der Waals surface area contributed by atoms with Gasteiger partial charge in [-0.3, -0.25) is 10.1 Å². The van der Waals surface area contributed by atoms with E-state index in [1.54, 1.807) is 6.07 Å². The number of aromatic nitrogens is 1. The van der Waals surface area contributed by atoms with Gasteiger partial charge in [0.1, 0.15) is 12.0 Å². The first-order chi connectivity index (χ1) is 8.20. The highest BCUT2D eigenvalue weighted by Crippen LogP contribution is 2.22. The predicted molar refractivity (Wildman–Crippen MR) is 65.1 cm³/mol. The molecule has 1 aromatic rings. The highest BCUT2D eigenvalue weighted by molar-refractivity contribution is 5.43. The molecule has 0 amide bonds. The molecule has 2 heterocycles. The summed E-state index contributed by atoms with van der Waals surface area (Å²) in [6.07, 6.45) is 2.46. The minimum atomic E-state index is -0.426. The molecule has 92 valence electrons. The van der Waals surface area contributed by atoms with Gasteiger partial charge in [0.15, 0.2) is 0 Å². The summed E-state index contributed by atoms with van der Waals surface area (Å²) in [5.74, 6) is 1.46. The fourth-order valence-corrected chi connectivity index (χ4v) is 2.17. The van der Waals surface area contributed by atoms with E-state index in [1.807, 2.05) is 7.05 Å². The molecule has 2 rings (SSSR count). The molecule has 1 fully saturated rings. The van der Waals surface area contributed by atoms with Gasteiger partial charge in [0.05, 0.1) is 4.92 Å². The van der Waals surface area contributed by atoms with Crippen LogP contribution in [-0.4, -0.2) is 36.6 Å². The average molecular weight is 236 g/mol. The molecule has 0 aromatic carbocycles. The van der Waals surface area contributed by atoms with Gasteiger partial charge in [-0.2, -0.15) is 0 Å². The summed E-state index contributed by atoms with van der Waals surface area (Å²) in [4.78, 5) is 16.4. The summed E-state index contributed by atoms with van der Waals surface area (Å²) in [7, 11) is 1.95. The van der Waals surface area contributed by atoms with E-state index >= 15 is 0 Å². The van der Waals surface area contributed by atoms with Crippen molar-refractivity contribution in [2.24, 2.45) is 5.92 Å². The van der Waals surface area contributed by atoms with Crippen LogP contribution in [0.15, 0.2) is 18.3 Å². The maximum Gasteiger partial charge on any atom is 0.287 e. The van der Waals surface area contributed by atoms with Gasteiger partial charge < -0.3 is 10.2 Å². The van der Waals surface area contributed by atoms with Crippen molar-refractivity contribution >= 4 is 11.5 Å². The molecular formula is C11H16N4O2. The van der Waals surface area contributed by atoms with Crippen molar-refractivity contribution in [3.8, 4) is 0 Å². The standard InChI is InChI=1S/C11H16N4O2/c1-12-6-9-4-5-14(8-9)11-3-2-10(7-13-11)15(16)17/h2-3,7,9,12H,4-6,8H2,1H3. The Balaban J connectivity index is 2.01. The van der Waals surface area contributed by atoms with Crippen LogP contribution in [0.25, 0.3) is 0 Å². The maximum absolute atomic E-state index is 10.5. The number of rotatable bonds is 4. The summed E-state index contributed by atoms with van der Waals surface area (Å²) < 4.78 is 0. The van der Waals surface area contributed by atoms with E-state index in [9.17, 15) is 10.1 Å². The summed E-state index contributed by atoms with van der Waals surface area (Å²) in [5.41, 5.74) is 0.0414. The average Bonchev–Trinajstić information content (AvgIpc) is 2.78. The van der Waals surface area contributed by atoms with E-state index in [0.29, 0.717) is 5.92 Å². The molecule has 1 unspecified atom stereocenters. The van der Waals surface area contributed by atoms with Crippen LogP contribution in [0, 0.1) is 16.0 Å². The van der Waals surface area contributed by atoms with Crippen LogP contribution in [0.2, 0.25) is 0 Å². The van der Waals surface area contributed by atoms with Crippen LogP contribution in [0.5, 0.6) is 0 Å². The van der Waals surface area contributed by atoms with Gasteiger partial charge in [0.25, 0.3) is 5.69 Å². The Hall–Kier alpha value is -1.69. The number of nitrogens with one attached hydrogen (secondary N) is 1. The van der Waals surface area contributed by atoms with Crippen LogP contribution < -0.4 is 10.2 Å². The van der Waals surface area contributed by atoms with E-state index in [1.165, 1.54) is 12.3 Å². The summed E-state index contributed by atoms with van der Waals surface area (Å²) in [5, 5.41) is 13.7. The molecule has 0 aliphatic carbocycles. The first kappa shape index (κ1) is 11.8. The zero-order chi connectivity index (χ0) is 12.3. The van der Waals surface area contributed by atoms with Gasteiger partial charge in [-0.05, 0) is 32.0 Å². The Morgan fingerprint density at radius 3 is 3.06 bits per heavy atom. The van der Waals surface area contributed by atoms with Crippen LogP contribution in [0.1, 0.15) is 6.42 Å². The van der Waals surface area contributed by atoms with Crippen molar-refractivity contribution in [1.29, 1.82) is 0 Å².